The highest BCUT2D eigenvalue weighted by molar-refractivity contribution is 4.99. The molecule has 23 heavy (non-hydrogen) atoms. The van der Waals surface area contributed by atoms with Crippen molar-refractivity contribution in [3.8, 4) is 0 Å². The molecule has 2 aliphatic rings. The van der Waals surface area contributed by atoms with Gasteiger partial charge in [0.2, 0.25) is 0 Å². The molecule has 2 atom stereocenters. The van der Waals surface area contributed by atoms with Gasteiger partial charge in [0.15, 0.2) is 0 Å². The van der Waals surface area contributed by atoms with E-state index in [0.29, 0.717) is 6.54 Å². The monoisotopic (exact) mass is 324 g/mol. The highest BCUT2D eigenvalue weighted by Crippen LogP contribution is 2.09. The van der Waals surface area contributed by atoms with E-state index in [1.165, 1.54) is 5.56 Å². The summed E-state index contributed by atoms with van der Waals surface area (Å²) in [6.45, 7) is 10.1. The van der Waals surface area contributed by atoms with Gasteiger partial charge in [-0.15, -0.1) is 0 Å². The van der Waals surface area contributed by atoms with E-state index in [1.807, 2.05) is 24.0 Å². The highest BCUT2D eigenvalue weighted by atomic mass is 16.5. The summed E-state index contributed by atoms with van der Waals surface area (Å²) in [6.07, 6.45) is 3.72. The first-order chi connectivity index (χ1) is 11.2. The van der Waals surface area contributed by atoms with E-state index in [4.69, 9.17) is 9.47 Å². The van der Waals surface area contributed by atoms with Crippen LogP contribution in [-0.4, -0.2) is 96.0 Å². The predicted molar refractivity (Wildman–Crippen MR) is 86.4 cm³/mol. The first-order valence-corrected chi connectivity index (χ1v) is 8.50. The molecule has 0 spiro atoms. The number of nitrogens with zero attached hydrogens (tertiary/aromatic N) is 4. The third kappa shape index (κ3) is 5.26. The van der Waals surface area contributed by atoms with Crippen LogP contribution < -0.4 is 0 Å². The Balaban J connectivity index is 1.42. The SMILES string of the molecule is Cc1cnn(C[C@@H]2CN(C[C@H](O)CN3CCOCC3)CCO2)c1. The molecule has 0 saturated carbocycles. The molecule has 3 rings (SSSR count). The molecule has 0 aromatic carbocycles. The van der Waals surface area contributed by atoms with Crippen LogP contribution in [0, 0.1) is 6.92 Å². The standard InChI is InChI=1S/C16H28N4O3/c1-14-8-17-20(9-14)13-16-12-19(4-7-23-16)11-15(21)10-18-2-5-22-6-3-18/h8-9,15-16,21H,2-7,10-13H2,1H3/t15-,16+/m1/s1. The minimum absolute atomic E-state index is 0.138. The molecule has 130 valence electrons. The largest absolute Gasteiger partial charge is 0.390 e. The molecule has 0 unspecified atom stereocenters. The Hall–Kier alpha value is -0.990. The fourth-order valence-electron chi connectivity index (χ4n) is 3.27. The second kappa shape index (κ2) is 8.21. The average molecular weight is 324 g/mol. The van der Waals surface area contributed by atoms with Crippen molar-refractivity contribution in [2.75, 3.05) is 59.1 Å². The molecule has 0 aliphatic carbocycles. The van der Waals surface area contributed by atoms with Crippen molar-refractivity contribution in [3.05, 3.63) is 18.0 Å². The Bertz CT molecular complexity index is 476. The van der Waals surface area contributed by atoms with E-state index in [2.05, 4.69) is 14.9 Å². The fourth-order valence-corrected chi connectivity index (χ4v) is 3.27. The van der Waals surface area contributed by atoms with Crippen molar-refractivity contribution in [1.82, 2.24) is 19.6 Å². The molecule has 2 aliphatic heterocycles. The van der Waals surface area contributed by atoms with Gasteiger partial charge in [-0.2, -0.15) is 5.10 Å². The first-order valence-electron chi connectivity index (χ1n) is 8.50. The molecule has 1 N–H and O–H groups in total. The molecule has 1 aromatic rings. The Morgan fingerprint density at radius 3 is 2.70 bits per heavy atom. The van der Waals surface area contributed by atoms with Crippen LogP contribution in [0.15, 0.2) is 12.4 Å². The number of aryl methyl sites for hydroxylation is 1. The summed E-state index contributed by atoms with van der Waals surface area (Å²) < 4.78 is 13.1. The van der Waals surface area contributed by atoms with Crippen LogP contribution in [0.1, 0.15) is 5.56 Å². The zero-order valence-electron chi connectivity index (χ0n) is 13.9. The zero-order valence-corrected chi connectivity index (χ0v) is 13.9. The smallest absolute Gasteiger partial charge is 0.0898 e. The van der Waals surface area contributed by atoms with E-state index in [-0.39, 0.29) is 12.2 Å². The Kier molecular flexibility index (Phi) is 6.02. The van der Waals surface area contributed by atoms with Crippen LogP contribution in [0.3, 0.4) is 0 Å². The molecular weight excluding hydrogens is 296 g/mol. The van der Waals surface area contributed by atoms with Crippen LogP contribution >= 0.6 is 0 Å². The molecule has 1 aromatic heterocycles. The molecule has 7 heteroatoms. The van der Waals surface area contributed by atoms with E-state index in [9.17, 15) is 5.11 Å². The fraction of sp³-hybridized carbons (Fsp3) is 0.812. The lowest BCUT2D eigenvalue weighted by Gasteiger charge is -2.35. The number of aromatic nitrogens is 2. The number of hydrogen-bond donors (Lipinski definition) is 1. The maximum atomic E-state index is 10.4. The second-order valence-corrected chi connectivity index (χ2v) is 6.56. The summed E-state index contributed by atoms with van der Waals surface area (Å²) in [5.41, 5.74) is 1.17. The van der Waals surface area contributed by atoms with Gasteiger partial charge in [-0.3, -0.25) is 14.5 Å². The number of morpholine rings is 2. The number of hydrogen-bond acceptors (Lipinski definition) is 6. The van der Waals surface area contributed by atoms with Gasteiger partial charge in [-0.05, 0) is 12.5 Å². The number of aliphatic hydroxyl groups is 1. The summed E-state index contributed by atoms with van der Waals surface area (Å²) in [5.74, 6) is 0. The van der Waals surface area contributed by atoms with Crippen molar-refractivity contribution in [2.24, 2.45) is 0 Å². The maximum absolute atomic E-state index is 10.4. The topological polar surface area (TPSA) is 63.0 Å². The molecular formula is C16H28N4O3. The van der Waals surface area contributed by atoms with Crippen LogP contribution in [0.25, 0.3) is 0 Å². The summed E-state index contributed by atoms with van der Waals surface area (Å²) in [7, 11) is 0. The Morgan fingerprint density at radius 2 is 1.96 bits per heavy atom. The minimum Gasteiger partial charge on any atom is -0.390 e. The van der Waals surface area contributed by atoms with Gasteiger partial charge < -0.3 is 14.6 Å². The summed E-state index contributed by atoms with van der Waals surface area (Å²) >= 11 is 0. The lowest BCUT2D eigenvalue weighted by atomic mass is 10.2. The quantitative estimate of drug-likeness (QED) is 0.767. The van der Waals surface area contributed by atoms with Crippen LogP contribution in [0.5, 0.6) is 0 Å². The molecule has 0 radical (unpaired) electrons. The van der Waals surface area contributed by atoms with Gasteiger partial charge >= 0.3 is 0 Å². The van der Waals surface area contributed by atoms with Gasteiger partial charge in [-0.1, -0.05) is 0 Å². The van der Waals surface area contributed by atoms with Gasteiger partial charge in [0.1, 0.15) is 0 Å². The van der Waals surface area contributed by atoms with Crippen molar-refractivity contribution in [3.63, 3.8) is 0 Å². The zero-order chi connectivity index (χ0) is 16.1. The van der Waals surface area contributed by atoms with Crippen LogP contribution in [-0.2, 0) is 16.0 Å². The van der Waals surface area contributed by atoms with Crippen molar-refractivity contribution < 1.29 is 14.6 Å². The highest BCUT2D eigenvalue weighted by Gasteiger charge is 2.24. The molecule has 0 amide bonds. The third-order valence-corrected chi connectivity index (χ3v) is 4.42. The maximum Gasteiger partial charge on any atom is 0.0898 e. The summed E-state index contributed by atoms with van der Waals surface area (Å²) in [6, 6.07) is 0. The Morgan fingerprint density at radius 1 is 1.22 bits per heavy atom. The summed E-state index contributed by atoms with van der Waals surface area (Å²) in [5, 5.41) is 14.7. The van der Waals surface area contributed by atoms with E-state index >= 15 is 0 Å². The van der Waals surface area contributed by atoms with E-state index in [0.717, 1.165) is 59.1 Å². The second-order valence-electron chi connectivity index (χ2n) is 6.56. The Labute approximate surface area is 137 Å². The molecule has 2 fully saturated rings. The molecule has 2 saturated heterocycles. The number of aliphatic hydroxyl groups excluding tert-OH is 1. The van der Waals surface area contributed by atoms with E-state index in [1.54, 1.807) is 0 Å². The van der Waals surface area contributed by atoms with Gasteiger partial charge in [0.25, 0.3) is 0 Å². The van der Waals surface area contributed by atoms with Gasteiger partial charge in [0.05, 0.1) is 44.8 Å². The molecule has 3 heterocycles. The lowest BCUT2D eigenvalue weighted by Crippen LogP contribution is -2.49. The summed E-state index contributed by atoms with van der Waals surface area (Å²) in [4.78, 5) is 4.58. The van der Waals surface area contributed by atoms with Crippen molar-refractivity contribution in [2.45, 2.75) is 25.7 Å². The van der Waals surface area contributed by atoms with Gasteiger partial charge in [0, 0.05) is 45.5 Å². The number of rotatable bonds is 6. The minimum atomic E-state index is -0.321. The van der Waals surface area contributed by atoms with Crippen LogP contribution in [0.4, 0.5) is 0 Å². The third-order valence-electron chi connectivity index (χ3n) is 4.42. The van der Waals surface area contributed by atoms with Crippen LogP contribution in [0.2, 0.25) is 0 Å². The molecule has 7 nitrogen and oxygen atoms in total. The van der Waals surface area contributed by atoms with Crippen molar-refractivity contribution in [1.29, 1.82) is 0 Å². The normalized spacial score (nSPS) is 25.6. The molecule has 0 bridgehead atoms. The average Bonchev–Trinajstić information content (AvgIpc) is 2.93. The lowest BCUT2D eigenvalue weighted by molar-refractivity contribution is -0.0538. The number of ether oxygens (including phenoxy) is 2. The van der Waals surface area contributed by atoms with Crippen molar-refractivity contribution >= 4 is 0 Å². The first kappa shape index (κ1) is 16.9. The van der Waals surface area contributed by atoms with E-state index < -0.39 is 0 Å². The number of β-amino-alcohol motifs (C(OH)–C–C–N with tert-alkyl or cyclic N) is 1. The predicted octanol–water partition coefficient (Wildman–Crippen LogP) is -0.415. The van der Waals surface area contributed by atoms with Gasteiger partial charge in [-0.25, -0.2) is 0 Å².